The second-order valence-corrected chi connectivity index (χ2v) is 3.74. The van der Waals surface area contributed by atoms with Crippen LogP contribution in [-0.2, 0) is 6.42 Å². The van der Waals surface area contributed by atoms with Gasteiger partial charge in [0, 0.05) is 0 Å². The van der Waals surface area contributed by atoms with Gasteiger partial charge in [-0.3, -0.25) is 0 Å². The van der Waals surface area contributed by atoms with Crippen molar-refractivity contribution in [1.82, 2.24) is 0 Å². The van der Waals surface area contributed by atoms with E-state index in [0.717, 1.165) is 18.4 Å². The molecule has 70 valence electrons. The maximum atomic E-state index is 12.5. The number of rotatable bonds is 3. The normalized spacial score (nSPS) is 18.6. The van der Waals surface area contributed by atoms with Crippen molar-refractivity contribution in [1.29, 1.82) is 0 Å². The highest BCUT2D eigenvalue weighted by molar-refractivity contribution is 5.17. The second-order valence-electron chi connectivity index (χ2n) is 3.74. The van der Waals surface area contributed by atoms with Crippen LogP contribution in [0.2, 0.25) is 0 Å². The van der Waals surface area contributed by atoms with E-state index in [4.69, 9.17) is 0 Å². The average molecular weight is 180 g/mol. The first-order valence-corrected chi connectivity index (χ1v) is 4.68. The van der Waals surface area contributed by atoms with Crippen molar-refractivity contribution < 1.29 is 9.50 Å². The summed E-state index contributed by atoms with van der Waals surface area (Å²) in [4.78, 5) is 0. The molecule has 1 aliphatic rings. The Kier molecular flexibility index (Phi) is 2.32. The molecule has 1 nitrogen and oxygen atoms in total. The highest BCUT2D eigenvalue weighted by atomic mass is 19.1. The van der Waals surface area contributed by atoms with Crippen molar-refractivity contribution in [2.45, 2.75) is 25.4 Å². The molecule has 2 rings (SSSR count). The lowest BCUT2D eigenvalue weighted by Crippen LogP contribution is -2.12. The Hall–Kier alpha value is -0.890. The molecule has 0 radical (unpaired) electrons. The average Bonchev–Trinajstić information content (AvgIpc) is 2.91. The van der Waals surface area contributed by atoms with E-state index in [2.05, 4.69) is 0 Å². The molecule has 1 aromatic rings. The van der Waals surface area contributed by atoms with Gasteiger partial charge in [-0.1, -0.05) is 12.1 Å². The number of benzene rings is 1. The van der Waals surface area contributed by atoms with E-state index in [-0.39, 0.29) is 11.9 Å². The molecule has 1 fully saturated rings. The fourth-order valence-electron chi connectivity index (χ4n) is 1.51. The topological polar surface area (TPSA) is 20.2 Å². The Morgan fingerprint density at radius 1 is 1.31 bits per heavy atom. The largest absolute Gasteiger partial charge is 0.392 e. The van der Waals surface area contributed by atoms with E-state index >= 15 is 0 Å². The van der Waals surface area contributed by atoms with Crippen molar-refractivity contribution in [2.75, 3.05) is 0 Å². The van der Waals surface area contributed by atoms with Crippen molar-refractivity contribution in [3.8, 4) is 0 Å². The van der Waals surface area contributed by atoms with Crippen molar-refractivity contribution in [2.24, 2.45) is 5.92 Å². The van der Waals surface area contributed by atoms with E-state index in [0.29, 0.717) is 12.3 Å². The Balaban J connectivity index is 1.96. The van der Waals surface area contributed by atoms with Gasteiger partial charge >= 0.3 is 0 Å². The zero-order valence-electron chi connectivity index (χ0n) is 7.41. The zero-order chi connectivity index (χ0) is 9.26. The first-order chi connectivity index (χ1) is 6.25. The molecule has 0 aliphatic heterocycles. The fourth-order valence-corrected chi connectivity index (χ4v) is 1.51. The quantitative estimate of drug-likeness (QED) is 0.755. The number of halogens is 1. The van der Waals surface area contributed by atoms with Crippen LogP contribution in [0.1, 0.15) is 18.4 Å². The van der Waals surface area contributed by atoms with Gasteiger partial charge in [0.2, 0.25) is 0 Å². The second kappa shape index (κ2) is 3.46. The maximum absolute atomic E-state index is 12.5. The molecule has 0 aromatic heterocycles. The molecule has 1 unspecified atom stereocenters. The molecular weight excluding hydrogens is 167 g/mol. The van der Waals surface area contributed by atoms with Gasteiger partial charge in [-0.15, -0.1) is 0 Å². The predicted molar refractivity (Wildman–Crippen MR) is 48.8 cm³/mol. The van der Waals surface area contributed by atoms with Gasteiger partial charge in [-0.05, 0) is 42.9 Å². The molecule has 0 bridgehead atoms. The van der Waals surface area contributed by atoms with Gasteiger partial charge in [-0.2, -0.15) is 0 Å². The Labute approximate surface area is 77.2 Å². The third-order valence-electron chi connectivity index (χ3n) is 2.52. The minimum atomic E-state index is -0.231. The minimum absolute atomic E-state index is 0.218. The van der Waals surface area contributed by atoms with Crippen molar-refractivity contribution >= 4 is 0 Å². The summed E-state index contributed by atoms with van der Waals surface area (Å²) in [5, 5.41) is 9.62. The molecule has 0 spiro atoms. The van der Waals surface area contributed by atoms with E-state index in [1.165, 1.54) is 12.1 Å². The molecule has 0 amide bonds. The molecule has 1 aromatic carbocycles. The monoisotopic (exact) mass is 180 g/mol. The molecule has 13 heavy (non-hydrogen) atoms. The van der Waals surface area contributed by atoms with Crippen LogP contribution in [0.4, 0.5) is 4.39 Å². The van der Waals surface area contributed by atoms with Crippen LogP contribution < -0.4 is 0 Å². The van der Waals surface area contributed by atoms with E-state index < -0.39 is 0 Å². The highest BCUT2D eigenvalue weighted by Gasteiger charge is 2.29. The highest BCUT2D eigenvalue weighted by Crippen LogP contribution is 2.33. The first-order valence-electron chi connectivity index (χ1n) is 4.68. The fraction of sp³-hybridized carbons (Fsp3) is 0.455. The van der Waals surface area contributed by atoms with Crippen molar-refractivity contribution in [3.05, 3.63) is 35.6 Å². The van der Waals surface area contributed by atoms with Crippen LogP contribution in [0.15, 0.2) is 24.3 Å². The van der Waals surface area contributed by atoms with Crippen LogP contribution in [0.5, 0.6) is 0 Å². The van der Waals surface area contributed by atoms with E-state index in [9.17, 15) is 9.50 Å². The molecule has 1 N–H and O–H groups in total. The standard InChI is InChI=1S/C11H13FO/c12-10-5-1-8(2-6-10)7-11(13)9-3-4-9/h1-2,5-6,9,11,13H,3-4,7H2. The van der Waals surface area contributed by atoms with Crippen LogP contribution in [0.3, 0.4) is 0 Å². The van der Waals surface area contributed by atoms with Gasteiger partial charge in [-0.25, -0.2) is 4.39 Å². The summed E-state index contributed by atoms with van der Waals surface area (Å²) in [7, 11) is 0. The summed E-state index contributed by atoms with van der Waals surface area (Å²) in [6.07, 6.45) is 2.71. The summed E-state index contributed by atoms with van der Waals surface area (Å²) in [5.74, 6) is 0.273. The number of hydrogen-bond donors (Lipinski definition) is 1. The van der Waals surface area contributed by atoms with Gasteiger partial charge in [0.1, 0.15) is 5.82 Å². The smallest absolute Gasteiger partial charge is 0.123 e. The minimum Gasteiger partial charge on any atom is -0.392 e. The molecule has 1 atom stereocenters. The predicted octanol–water partition coefficient (Wildman–Crippen LogP) is 2.14. The third kappa shape index (κ3) is 2.28. The SMILES string of the molecule is OC(Cc1ccc(F)cc1)C1CC1. The van der Waals surface area contributed by atoms with Crippen LogP contribution in [-0.4, -0.2) is 11.2 Å². The molecule has 2 heteroatoms. The number of aliphatic hydroxyl groups excluding tert-OH is 1. The summed E-state index contributed by atoms with van der Waals surface area (Å²) < 4.78 is 12.5. The van der Waals surface area contributed by atoms with Gasteiger partial charge < -0.3 is 5.11 Å². The van der Waals surface area contributed by atoms with Gasteiger partial charge in [0.05, 0.1) is 6.10 Å². The van der Waals surface area contributed by atoms with Crippen molar-refractivity contribution in [3.63, 3.8) is 0 Å². The maximum Gasteiger partial charge on any atom is 0.123 e. The Bertz CT molecular complexity index is 277. The van der Waals surface area contributed by atoms with E-state index in [1.807, 2.05) is 0 Å². The van der Waals surface area contributed by atoms with Crippen LogP contribution in [0, 0.1) is 11.7 Å². The lowest BCUT2D eigenvalue weighted by molar-refractivity contribution is 0.151. The lowest BCUT2D eigenvalue weighted by Gasteiger charge is -2.08. The summed E-state index contributed by atoms with van der Waals surface area (Å²) in [6.45, 7) is 0. The molecule has 1 aliphatic carbocycles. The van der Waals surface area contributed by atoms with Gasteiger partial charge in [0.15, 0.2) is 0 Å². The summed E-state index contributed by atoms with van der Waals surface area (Å²) >= 11 is 0. The van der Waals surface area contributed by atoms with E-state index in [1.54, 1.807) is 12.1 Å². The number of aliphatic hydroxyl groups is 1. The van der Waals surface area contributed by atoms with Crippen LogP contribution >= 0.6 is 0 Å². The molecular formula is C11H13FO. The zero-order valence-corrected chi connectivity index (χ0v) is 7.41. The number of hydrogen-bond acceptors (Lipinski definition) is 1. The Morgan fingerprint density at radius 3 is 2.46 bits per heavy atom. The lowest BCUT2D eigenvalue weighted by atomic mass is 10.1. The van der Waals surface area contributed by atoms with Crippen LogP contribution in [0.25, 0.3) is 0 Å². The third-order valence-corrected chi connectivity index (χ3v) is 2.52. The summed E-state index contributed by atoms with van der Waals surface area (Å²) in [6, 6.07) is 6.35. The first kappa shape index (κ1) is 8.70. The molecule has 0 saturated heterocycles. The molecule has 0 heterocycles. The molecule has 1 saturated carbocycles. The Morgan fingerprint density at radius 2 is 1.92 bits per heavy atom. The van der Waals surface area contributed by atoms with Gasteiger partial charge in [0.25, 0.3) is 0 Å². The summed E-state index contributed by atoms with van der Waals surface area (Å²) in [5.41, 5.74) is 1.01.